The van der Waals surface area contributed by atoms with Crippen molar-refractivity contribution in [3.8, 4) is 5.75 Å². The second-order valence-corrected chi connectivity index (χ2v) is 14.9. The van der Waals surface area contributed by atoms with Gasteiger partial charge in [0.1, 0.15) is 5.75 Å². The van der Waals surface area contributed by atoms with Crippen LogP contribution in [0.4, 0.5) is 24.5 Å². The number of rotatable bonds is 16. The van der Waals surface area contributed by atoms with Crippen LogP contribution in [0.3, 0.4) is 0 Å². The van der Waals surface area contributed by atoms with Crippen molar-refractivity contribution in [1.29, 1.82) is 0 Å². The molecule has 3 N–H and O–H groups in total. The van der Waals surface area contributed by atoms with Crippen molar-refractivity contribution in [2.75, 3.05) is 22.9 Å². The van der Waals surface area contributed by atoms with E-state index in [0.29, 0.717) is 12.0 Å². The Morgan fingerprint density at radius 2 is 1.47 bits per heavy atom. The second kappa shape index (κ2) is 16.3. The largest absolute Gasteiger partial charge is 0.573 e. The molecule has 2 atom stereocenters. The van der Waals surface area contributed by atoms with Gasteiger partial charge >= 0.3 is 6.36 Å². The lowest BCUT2D eigenvalue weighted by Crippen LogP contribution is -2.38. The molecule has 4 rings (SSSR count). The number of sulfonamides is 2. The number of para-hydroxylation sites is 2. The van der Waals surface area contributed by atoms with Crippen LogP contribution in [0, 0.1) is 5.92 Å². The van der Waals surface area contributed by atoms with Crippen LogP contribution in [0.2, 0.25) is 0 Å². The first kappa shape index (κ1) is 37.4. The van der Waals surface area contributed by atoms with Crippen molar-refractivity contribution in [1.82, 2.24) is 10.0 Å². The van der Waals surface area contributed by atoms with Gasteiger partial charge in [0.2, 0.25) is 20.0 Å². The van der Waals surface area contributed by atoms with Crippen LogP contribution in [0.25, 0.3) is 0 Å². The maximum absolute atomic E-state index is 13.3. The molecule has 0 aliphatic rings. The molecule has 0 radical (unpaired) electrons. The number of carbonyl (C=O) groups excluding carboxylic acids is 1. The Morgan fingerprint density at radius 3 is 2.12 bits per heavy atom. The summed E-state index contributed by atoms with van der Waals surface area (Å²) in [5.41, 5.74) is 1.33. The summed E-state index contributed by atoms with van der Waals surface area (Å²) in [5, 5.41) is 14.1. The van der Waals surface area contributed by atoms with Gasteiger partial charge in [-0.25, -0.2) is 25.9 Å². The predicted octanol–water partition coefficient (Wildman–Crippen LogP) is 5.14. The minimum absolute atomic E-state index is 0.0115. The topological polar surface area (TPSA) is 142 Å². The number of nitrogens with zero attached hydrogens (tertiary/aromatic N) is 1. The van der Waals surface area contributed by atoms with E-state index in [4.69, 9.17) is 0 Å². The summed E-state index contributed by atoms with van der Waals surface area (Å²) in [4.78, 5) is 13.3. The van der Waals surface area contributed by atoms with E-state index in [-0.39, 0.29) is 42.2 Å². The number of anilines is 2. The smallest absolute Gasteiger partial charge is 0.406 e. The molecular formula is C34H36F3N3O7S2. The summed E-state index contributed by atoms with van der Waals surface area (Å²) >= 11 is 0. The Labute approximate surface area is 283 Å². The van der Waals surface area contributed by atoms with Crippen molar-refractivity contribution in [3.63, 3.8) is 0 Å². The van der Waals surface area contributed by atoms with Crippen LogP contribution >= 0.6 is 0 Å². The molecule has 15 heteroatoms. The van der Waals surface area contributed by atoms with E-state index >= 15 is 0 Å². The number of halogens is 3. The van der Waals surface area contributed by atoms with Crippen molar-refractivity contribution in [3.05, 3.63) is 126 Å². The fourth-order valence-electron chi connectivity index (χ4n) is 5.20. The number of nitrogens with one attached hydrogen (secondary N) is 2. The highest BCUT2D eigenvalue weighted by Gasteiger charge is 2.31. The van der Waals surface area contributed by atoms with Crippen molar-refractivity contribution < 1.29 is 44.6 Å². The van der Waals surface area contributed by atoms with Gasteiger partial charge in [-0.05, 0) is 66.3 Å². The SMILES string of the molecule is CS(=O)(=O)N(c1ccccc1)c1ccccc1C(=O)NS(=O)(=O)CC[C@H](Cc1ccccc1)[C@@H](O)CNCc1cccc(OC(F)(F)F)c1. The third kappa shape index (κ3) is 11.6. The molecule has 0 heterocycles. The zero-order valence-electron chi connectivity index (χ0n) is 26.4. The molecule has 262 valence electrons. The predicted molar refractivity (Wildman–Crippen MR) is 180 cm³/mol. The molecule has 0 saturated heterocycles. The van der Waals surface area contributed by atoms with Crippen molar-refractivity contribution in [2.45, 2.75) is 31.9 Å². The number of benzene rings is 4. The van der Waals surface area contributed by atoms with Crippen LogP contribution in [0.5, 0.6) is 5.75 Å². The number of alkyl halides is 3. The number of aliphatic hydroxyl groups excluding tert-OH is 1. The minimum Gasteiger partial charge on any atom is -0.406 e. The molecular weight excluding hydrogens is 684 g/mol. The molecule has 0 fully saturated rings. The number of hydrogen-bond acceptors (Lipinski definition) is 8. The summed E-state index contributed by atoms with van der Waals surface area (Å²) < 4.78 is 96.8. The molecule has 0 spiro atoms. The number of carbonyl (C=O) groups is 1. The lowest BCUT2D eigenvalue weighted by Gasteiger charge is -2.25. The Morgan fingerprint density at radius 1 is 0.857 bits per heavy atom. The molecule has 1 amide bonds. The number of ether oxygens (including phenoxy) is 1. The maximum Gasteiger partial charge on any atom is 0.573 e. The summed E-state index contributed by atoms with van der Waals surface area (Å²) in [6.45, 7) is 0.0911. The van der Waals surface area contributed by atoms with Crippen LogP contribution < -0.4 is 19.1 Å². The molecule has 0 aliphatic heterocycles. The van der Waals surface area contributed by atoms with Crippen molar-refractivity contribution in [2.24, 2.45) is 5.92 Å². The monoisotopic (exact) mass is 719 g/mol. The average Bonchev–Trinajstić information content (AvgIpc) is 3.03. The van der Waals surface area contributed by atoms with Crippen LogP contribution in [-0.4, -0.2) is 58.9 Å². The maximum atomic E-state index is 13.3. The highest BCUT2D eigenvalue weighted by molar-refractivity contribution is 7.92. The van der Waals surface area contributed by atoms with Crippen LogP contribution in [0.1, 0.15) is 27.9 Å². The Balaban J connectivity index is 1.45. The minimum atomic E-state index is -4.84. The molecule has 0 aromatic heterocycles. The Kier molecular flexibility index (Phi) is 12.4. The highest BCUT2D eigenvalue weighted by atomic mass is 32.2. The van der Waals surface area contributed by atoms with Gasteiger partial charge in [0, 0.05) is 13.1 Å². The van der Waals surface area contributed by atoms with Gasteiger partial charge in [-0.1, -0.05) is 72.8 Å². The average molecular weight is 720 g/mol. The van der Waals surface area contributed by atoms with Crippen LogP contribution in [0.15, 0.2) is 109 Å². The van der Waals surface area contributed by atoms with Gasteiger partial charge in [0.25, 0.3) is 5.91 Å². The fourth-order valence-corrected chi connectivity index (χ4v) is 7.33. The van der Waals surface area contributed by atoms with Gasteiger partial charge in [-0.2, -0.15) is 0 Å². The zero-order valence-corrected chi connectivity index (χ0v) is 28.0. The second-order valence-electron chi connectivity index (χ2n) is 11.3. The lowest BCUT2D eigenvalue weighted by atomic mass is 9.91. The van der Waals surface area contributed by atoms with E-state index < -0.39 is 50.1 Å². The first-order valence-corrected chi connectivity index (χ1v) is 18.6. The quantitative estimate of drug-likeness (QED) is 0.145. The third-order valence-corrected chi connectivity index (χ3v) is 9.74. The molecule has 0 saturated carbocycles. The van der Waals surface area contributed by atoms with E-state index in [0.717, 1.165) is 16.1 Å². The van der Waals surface area contributed by atoms with E-state index in [1.54, 1.807) is 48.5 Å². The third-order valence-electron chi connectivity index (χ3n) is 7.39. The van der Waals surface area contributed by atoms with Gasteiger partial charge in [-0.15, -0.1) is 13.2 Å². The summed E-state index contributed by atoms with van der Waals surface area (Å²) in [5.74, 6) is -2.56. The molecule has 4 aromatic rings. The van der Waals surface area contributed by atoms with E-state index in [1.807, 2.05) is 22.9 Å². The van der Waals surface area contributed by atoms with E-state index in [9.17, 15) is 39.9 Å². The van der Waals surface area contributed by atoms with Gasteiger partial charge in [0.15, 0.2) is 0 Å². The van der Waals surface area contributed by atoms with Crippen molar-refractivity contribution >= 4 is 37.3 Å². The van der Waals surface area contributed by atoms with Crippen LogP contribution in [-0.2, 0) is 33.0 Å². The fraction of sp³-hybridized carbons (Fsp3) is 0.265. The summed E-state index contributed by atoms with van der Waals surface area (Å²) in [7, 11) is -8.23. The molecule has 4 aromatic carbocycles. The number of hydrogen-bond donors (Lipinski definition) is 3. The molecule has 0 unspecified atom stereocenters. The van der Waals surface area contributed by atoms with E-state index in [1.165, 1.54) is 42.5 Å². The molecule has 0 bridgehead atoms. The van der Waals surface area contributed by atoms with Gasteiger partial charge in [0.05, 0.1) is 35.1 Å². The molecule has 0 aliphatic carbocycles. The standard InChI is InChI=1S/C34H36F3N3O7S2/c1-48(43,44)40(28-14-6-3-7-15-28)31-18-9-8-17-30(31)33(42)39-49(45,46)20-19-27(21-25-11-4-2-5-12-25)32(41)24-38-23-26-13-10-16-29(22-26)47-34(35,36)37/h2-18,22,27,32,38,41H,19-21,23-24H2,1H3,(H,39,42)/t27-,32+/m1/s1. The zero-order chi connectivity index (χ0) is 35.7. The van der Waals surface area contributed by atoms with Gasteiger partial charge < -0.3 is 15.2 Å². The highest BCUT2D eigenvalue weighted by Crippen LogP contribution is 2.31. The Hall–Kier alpha value is -4.44. The normalized spacial score (nSPS) is 13.3. The van der Waals surface area contributed by atoms with E-state index in [2.05, 4.69) is 10.1 Å². The number of aliphatic hydroxyl groups is 1. The molecule has 10 nitrogen and oxygen atoms in total. The number of amides is 1. The summed E-state index contributed by atoms with van der Waals surface area (Å²) in [6.07, 6.45) is -4.70. The summed E-state index contributed by atoms with van der Waals surface area (Å²) in [6, 6.07) is 28.2. The van der Waals surface area contributed by atoms with Gasteiger partial charge in [-0.3, -0.25) is 4.79 Å². The Bertz CT molecular complexity index is 1910. The lowest BCUT2D eigenvalue weighted by molar-refractivity contribution is -0.274. The first-order valence-electron chi connectivity index (χ1n) is 15.1. The molecule has 49 heavy (non-hydrogen) atoms. The first-order chi connectivity index (χ1) is 23.1.